The molecule has 0 saturated carbocycles. The fraction of sp³-hybridized carbons (Fsp3) is 0.462. The van der Waals surface area contributed by atoms with Crippen molar-refractivity contribution in [3.05, 3.63) is 35.1 Å². The molecule has 0 bridgehead atoms. The average Bonchev–Trinajstić information content (AvgIpc) is 2.53. The van der Waals surface area contributed by atoms with Crippen molar-refractivity contribution >= 4 is 15.8 Å². The molecule has 0 radical (unpaired) electrons. The summed E-state index contributed by atoms with van der Waals surface area (Å²) in [4.78, 5) is 13.0. The lowest BCUT2D eigenvalue weighted by Crippen LogP contribution is -2.27. The topological polar surface area (TPSA) is 74.7 Å². The zero-order valence-electron chi connectivity index (χ0n) is 10.9. The van der Waals surface area contributed by atoms with Gasteiger partial charge in [0.1, 0.15) is 5.82 Å². The summed E-state index contributed by atoms with van der Waals surface area (Å²) >= 11 is 0. The smallest absolute Gasteiger partial charge is 0.336 e. The average molecular weight is 301 g/mol. The van der Waals surface area contributed by atoms with Crippen LogP contribution in [0.5, 0.6) is 0 Å². The Balaban J connectivity index is 2.16. The summed E-state index contributed by atoms with van der Waals surface area (Å²) < 4.78 is 36.1. The molecule has 0 unspecified atom stereocenters. The molecule has 0 atom stereocenters. The molecule has 0 amide bonds. The summed E-state index contributed by atoms with van der Waals surface area (Å²) in [6, 6.07) is 3.65. The van der Waals surface area contributed by atoms with Gasteiger partial charge in [0, 0.05) is 13.1 Å². The molecule has 7 heteroatoms. The summed E-state index contributed by atoms with van der Waals surface area (Å²) in [6.45, 7) is 1.28. The molecule has 1 N–H and O–H groups in total. The highest BCUT2D eigenvalue weighted by Crippen LogP contribution is 2.16. The highest BCUT2D eigenvalue weighted by molar-refractivity contribution is 7.91. The number of aromatic carboxylic acids is 1. The van der Waals surface area contributed by atoms with Gasteiger partial charge in [-0.1, -0.05) is 6.07 Å². The van der Waals surface area contributed by atoms with E-state index in [1.54, 1.807) is 0 Å². The minimum Gasteiger partial charge on any atom is -0.478 e. The Bertz CT molecular complexity index is 615. The summed E-state index contributed by atoms with van der Waals surface area (Å²) in [5, 5.41) is 9.08. The first-order chi connectivity index (χ1) is 9.37. The van der Waals surface area contributed by atoms with E-state index in [9.17, 15) is 17.6 Å². The Morgan fingerprint density at radius 1 is 1.30 bits per heavy atom. The maximum Gasteiger partial charge on any atom is 0.336 e. The fourth-order valence-electron chi connectivity index (χ4n) is 2.27. The molecule has 5 nitrogen and oxygen atoms in total. The van der Waals surface area contributed by atoms with Crippen LogP contribution in [0.1, 0.15) is 22.3 Å². The van der Waals surface area contributed by atoms with Crippen LogP contribution >= 0.6 is 0 Å². The van der Waals surface area contributed by atoms with Crippen molar-refractivity contribution in [2.75, 3.05) is 24.6 Å². The molecule has 1 aliphatic heterocycles. The van der Waals surface area contributed by atoms with Gasteiger partial charge < -0.3 is 5.11 Å². The van der Waals surface area contributed by atoms with E-state index in [4.69, 9.17) is 5.11 Å². The predicted octanol–water partition coefficient (Wildman–Crippen LogP) is 1.14. The van der Waals surface area contributed by atoms with E-state index in [-0.39, 0.29) is 17.1 Å². The maximum atomic E-state index is 13.1. The number of benzene rings is 1. The Labute approximate surface area is 116 Å². The number of carbonyl (C=O) groups is 1. The lowest BCUT2D eigenvalue weighted by molar-refractivity contribution is 0.0694. The van der Waals surface area contributed by atoms with Crippen LogP contribution in [0.15, 0.2) is 18.2 Å². The Kier molecular flexibility index (Phi) is 4.39. The SMILES string of the molecule is O=C(O)c1cc(F)ccc1CN1CCCS(=O)(=O)CC1. The number of nitrogens with zero attached hydrogens (tertiary/aromatic N) is 1. The largest absolute Gasteiger partial charge is 0.478 e. The van der Waals surface area contributed by atoms with Gasteiger partial charge in [-0.2, -0.15) is 0 Å². The summed E-state index contributed by atoms with van der Waals surface area (Å²) in [7, 11) is -3.00. The third kappa shape index (κ3) is 3.77. The first-order valence-corrected chi connectivity index (χ1v) is 8.14. The van der Waals surface area contributed by atoms with E-state index in [2.05, 4.69) is 0 Å². The van der Waals surface area contributed by atoms with Crippen molar-refractivity contribution in [3.63, 3.8) is 0 Å². The number of halogens is 1. The van der Waals surface area contributed by atoms with Gasteiger partial charge in [-0.05, 0) is 30.7 Å². The molecular formula is C13H16FNO4S. The number of sulfone groups is 1. The van der Waals surface area contributed by atoms with Gasteiger partial charge in [0.2, 0.25) is 0 Å². The minimum absolute atomic E-state index is 0.0721. The third-order valence-electron chi connectivity index (χ3n) is 3.34. The van der Waals surface area contributed by atoms with Gasteiger partial charge >= 0.3 is 5.97 Å². The van der Waals surface area contributed by atoms with Crippen molar-refractivity contribution in [2.24, 2.45) is 0 Å². The molecule has 1 aliphatic rings. The van der Waals surface area contributed by atoms with E-state index in [0.29, 0.717) is 31.6 Å². The summed E-state index contributed by atoms with van der Waals surface area (Å²) in [5.74, 6) is -1.53. The maximum absolute atomic E-state index is 13.1. The molecule has 0 aliphatic carbocycles. The van der Waals surface area contributed by atoms with Gasteiger partial charge in [0.05, 0.1) is 17.1 Å². The molecule has 1 aromatic rings. The van der Waals surface area contributed by atoms with E-state index >= 15 is 0 Å². The molecule has 0 aromatic heterocycles. The van der Waals surface area contributed by atoms with E-state index in [1.165, 1.54) is 12.1 Å². The number of hydrogen-bond donors (Lipinski definition) is 1. The van der Waals surface area contributed by atoms with Crippen molar-refractivity contribution < 1.29 is 22.7 Å². The van der Waals surface area contributed by atoms with Crippen molar-refractivity contribution in [1.29, 1.82) is 0 Å². The predicted molar refractivity (Wildman–Crippen MR) is 71.9 cm³/mol. The van der Waals surface area contributed by atoms with Crippen LogP contribution < -0.4 is 0 Å². The van der Waals surface area contributed by atoms with Gasteiger partial charge in [-0.3, -0.25) is 4.90 Å². The van der Waals surface area contributed by atoms with E-state index in [1.807, 2.05) is 4.90 Å². The number of rotatable bonds is 3. The van der Waals surface area contributed by atoms with E-state index in [0.717, 1.165) is 6.07 Å². The Morgan fingerprint density at radius 3 is 2.75 bits per heavy atom. The van der Waals surface area contributed by atoms with Gasteiger partial charge in [0.25, 0.3) is 0 Å². The van der Waals surface area contributed by atoms with Crippen LogP contribution in [0.4, 0.5) is 4.39 Å². The molecule has 20 heavy (non-hydrogen) atoms. The Hall–Kier alpha value is -1.47. The molecule has 1 fully saturated rings. The number of carboxylic acid groups (broad SMARTS) is 1. The molecule has 110 valence electrons. The Morgan fingerprint density at radius 2 is 2.05 bits per heavy atom. The third-order valence-corrected chi connectivity index (χ3v) is 5.06. The zero-order valence-corrected chi connectivity index (χ0v) is 11.7. The van der Waals surface area contributed by atoms with Crippen LogP contribution in [0.25, 0.3) is 0 Å². The van der Waals surface area contributed by atoms with Crippen LogP contribution in [0, 0.1) is 5.82 Å². The second kappa shape index (κ2) is 5.88. The normalized spacial score (nSPS) is 19.4. The number of hydrogen-bond acceptors (Lipinski definition) is 4. The molecule has 0 spiro atoms. The molecular weight excluding hydrogens is 285 g/mol. The monoisotopic (exact) mass is 301 g/mol. The second-order valence-electron chi connectivity index (χ2n) is 4.89. The molecule has 1 heterocycles. The first kappa shape index (κ1) is 14.9. The van der Waals surface area contributed by atoms with Crippen LogP contribution in [-0.4, -0.2) is 49.0 Å². The molecule has 1 saturated heterocycles. The van der Waals surface area contributed by atoms with Crippen LogP contribution in [-0.2, 0) is 16.4 Å². The number of carboxylic acids is 1. The van der Waals surface area contributed by atoms with Gasteiger partial charge in [0.15, 0.2) is 9.84 Å². The summed E-state index contributed by atoms with van der Waals surface area (Å²) in [5.41, 5.74) is 0.426. The van der Waals surface area contributed by atoms with Crippen molar-refractivity contribution in [2.45, 2.75) is 13.0 Å². The minimum atomic E-state index is -3.00. The summed E-state index contributed by atoms with van der Waals surface area (Å²) in [6.07, 6.45) is 0.534. The fourth-order valence-corrected chi connectivity index (χ4v) is 3.58. The lowest BCUT2D eigenvalue weighted by atomic mass is 10.1. The zero-order chi connectivity index (χ0) is 14.8. The quantitative estimate of drug-likeness (QED) is 0.906. The highest BCUT2D eigenvalue weighted by atomic mass is 32.2. The second-order valence-corrected chi connectivity index (χ2v) is 7.19. The standard InChI is InChI=1S/C13H16FNO4S/c14-11-3-2-10(12(8-11)13(16)17)9-15-4-1-6-20(18,19)7-5-15/h2-3,8H,1,4-7,9H2,(H,16,17). The van der Waals surface area contributed by atoms with E-state index < -0.39 is 21.6 Å². The molecule has 2 rings (SSSR count). The van der Waals surface area contributed by atoms with Crippen molar-refractivity contribution in [3.8, 4) is 0 Å². The van der Waals surface area contributed by atoms with Crippen LogP contribution in [0.2, 0.25) is 0 Å². The molecule has 1 aromatic carbocycles. The highest BCUT2D eigenvalue weighted by Gasteiger charge is 2.21. The van der Waals surface area contributed by atoms with Crippen molar-refractivity contribution in [1.82, 2.24) is 4.90 Å². The first-order valence-electron chi connectivity index (χ1n) is 6.32. The van der Waals surface area contributed by atoms with Gasteiger partial charge in [-0.25, -0.2) is 17.6 Å². The van der Waals surface area contributed by atoms with Crippen LogP contribution in [0.3, 0.4) is 0 Å². The lowest BCUT2D eigenvalue weighted by Gasteiger charge is -2.20. The van der Waals surface area contributed by atoms with Gasteiger partial charge in [-0.15, -0.1) is 0 Å².